The lowest BCUT2D eigenvalue weighted by atomic mass is 10.2. The Morgan fingerprint density at radius 2 is 2.00 bits per heavy atom. The molecule has 0 saturated carbocycles. The molecule has 2 aromatic carbocycles. The maximum atomic E-state index is 12.2. The van der Waals surface area contributed by atoms with Gasteiger partial charge in [0.15, 0.2) is 6.61 Å². The van der Waals surface area contributed by atoms with E-state index in [1.807, 2.05) is 24.3 Å². The average Bonchev–Trinajstić information content (AvgIpc) is 3.02. The molecular weight excluding hydrogens is 320 g/mol. The summed E-state index contributed by atoms with van der Waals surface area (Å²) in [7, 11) is 0. The van der Waals surface area contributed by atoms with Crippen molar-refractivity contribution in [3.05, 3.63) is 59.7 Å². The van der Waals surface area contributed by atoms with Crippen LogP contribution in [0.25, 0.3) is 0 Å². The topological polar surface area (TPSA) is 78.9 Å². The van der Waals surface area contributed by atoms with E-state index in [1.54, 1.807) is 18.2 Å². The van der Waals surface area contributed by atoms with Crippen molar-refractivity contribution in [1.29, 1.82) is 0 Å². The quantitative estimate of drug-likeness (QED) is 0.804. The zero-order chi connectivity index (χ0) is 17.6. The van der Waals surface area contributed by atoms with Crippen LogP contribution in [0.1, 0.15) is 11.1 Å². The monoisotopic (exact) mass is 340 g/mol. The fraction of sp³-hybridized carbons (Fsp3) is 0.263. The molecule has 0 bridgehead atoms. The molecule has 2 aromatic rings. The van der Waals surface area contributed by atoms with E-state index >= 15 is 0 Å². The van der Waals surface area contributed by atoms with Gasteiger partial charge in [-0.3, -0.25) is 4.79 Å². The van der Waals surface area contributed by atoms with Crippen molar-refractivity contribution in [2.45, 2.75) is 13.0 Å². The molecule has 1 amide bonds. The van der Waals surface area contributed by atoms with Gasteiger partial charge in [-0.2, -0.15) is 0 Å². The Hall–Kier alpha value is -3.02. The number of anilines is 1. The summed E-state index contributed by atoms with van der Waals surface area (Å²) in [5.41, 5.74) is 3.26. The minimum atomic E-state index is -1.02. The highest BCUT2D eigenvalue weighted by molar-refractivity contribution is 5.82. The molecule has 130 valence electrons. The Morgan fingerprint density at radius 1 is 1.16 bits per heavy atom. The van der Waals surface area contributed by atoms with Gasteiger partial charge in [0.1, 0.15) is 5.75 Å². The van der Waals surface area contributed by atoms with Crippen molar-refractivity contribution in [2.75, 3.05) is 24.6 Å². The van der Waals surface area contributed by atoms with Crippen LogP contribution in [-0.4, -0.2) is 36.7 Å². The van der Waals surface area contributed by atoms with E-state index in [9.17, 15) is 9.59 Å². The molecule has 1 heterocycles. The van der Waals surface area contributed by atoms with Gasteiger partial charge in [-0.25, -0.2) is 4.79 Å². The number of rotatable bonds is 7. The van der Waals surface area contributed by atoms with Crippen molar-refractivity contribution in [2.24, 2.45) is 0 Å². The lowest BCUT2D eigenvalue weighted by Crippen LogP contribution is -2.36. The number of nitrogens with zero attached hydrogens (tertiary/aromatic N) is 1. The van der Waals surface area contributed by atoms with Gasteiger partial charge in [-0.05, 0) is 35.7 Å². The van der Waals surface area contributed by atoms with Crippen LogP contribution >= 0.6 is 0 Å². The molecule has 1 aliphatic heterocycles. The highest BCUT2D eigenvalue weighted by Gasteiger charge is 2.20. The van der Waals surface area contributed by atoms with Crippen LogP contribution in [0.3, 0.4) is 0 Å². The lowest BCUT2D eigenvalue weighted by molar-refractivity contribution is -0.139. The first kappa shape index (κ1) is 16.8. The zero-order valence-electron chi connectivity index (χ0n) is 13.8. The van der Waals surface area contributed by atoms with E-state index in [0.29, 0.717) is 18.8 Å². The Kier molecular flexibility index (Phi) is 5.18. The van der Waals surface area contributed by atoms with Crippen molar-refractivity contribution in [3.63, 3.8) is 0 Å². The fourth-order valence-corrected chi connectivity index (χ4v) is 2.89. The van der Waals surface area contributed by atoms with Gasteiger partial charge in [0.2, 0.25) is 5.91 Å². The van der Waals surface area contributed by atoms with Gasteiger partial charge >= 0.3 is 5.97 Å². The normalized spacial score (nSPS) is 12.6. The number of carboxylic acid groups (broad SMARTS) is 1. The first-order valence-corrected chi connectivity index (χ1v) is 8.15. The van der Waals surface area contributed by atoms with E-state index in [4.69, 9.17) is 9.84 Å². The van der Waals surface area contributed by atoms with Gasteiger partial charge in [-0.15, -0.1) is 0 Å². The molecule has 0 spiro atoms. The van der Waals surface area contributed by atoms with Gasteiger partial charge in [0.25, 0.3) is 0 Å². The minimum absolute atomic E-state index is 0.0476. The second-order valence-electron chi connectivity index (χ2n) is 5.91. The summed E-state index contributed by atoms with van der Waals surface area (Å²) < 4.78 is 5.14. The number of carboxylic acids is 1. The van der Waals surface area contributed by atoms with E-state index in [-0.39, 0.29) is 12.5 Å². The number of benzene rings is 2. The second kappa shape index (κ2) is 7.70. The molecule has 0 radical (unpaired) electrons. The molecule has 6 nitrogen and oxygen atoms in total. The van der Waals surface area contributed by atoms with E-state index < -0.39 is 5.97 Å². The number of hydrogen-bond donors (Lipinski definition) is 2. The van der Waals surface area contributed by atoms with Crippen molar-refractivity contribution in [3.8, 4) is 5.75 Å². The SMILES string of the molecule is O=C(O)COc1cccc(CNC(=O)CN2CCc3ccccc32)c1. The molecule has 1 aliphatic rings. The van der Waals surface area contributed by atoms with Crippen LogP contribution in [0.5, 0.6) is 5.75 Å². The molecule has 2 N–H and O–H groups in total. The number of aliphatic carboxylic acids is 1. The fourth-order valence-electron chi connectivity index (χ4n) is 2.89. The third-order valence-electron chi connectivity index (χ3n) is 4.07. The predicted molar refractivity (Wildman–Crippen MR) is 93.8 cm³/mol. The number of para-hydroxylation sites is 1. The molecule has 0 aliphatic carbocycles. The van der Waals surface area contributed by atoms with Gasteiger partial charge in [-0.1, -0.05) is 30.3 Å². The summed E-state index contributed by atoms with van der Waals surface area (Å²) >= 11 is 0. The largest absolute Gasteiger partial charge is 0.482 e. The molecule has 0 aromatic heterocycles. The third kappa shape index (κ3) is 4.50. The van der Waals surface area contributed by atoms with Gasteiger partial charge in [0, 0.05) is 18.8 Å². The van der Waals surface area contributed by atoms with E-state index in [2.05, 4.69) is 16.3 Å². The number of carbonyl (C=O) groups excluding carboxylic acids is 1. The van der Waals surface area contributed by atoms with Crippen LogP contribution < -0.4 is 15.0 Å². The van der Waals surface area contributed by atoms with Crippen LogP contribution in [0, 0.1) is 0 Å². The van der Waals surface area contributed by atoms with Crippen molar-refractivity contribution in [1.82, 2.24) is 5.32 Å². The smallest absolute Gasteiger partial charge is 0.341 e. The summed E-state index contributed by atoms with van der Waals surface area (Å²) in [5, 5.41) is 11.5. The summed E-state index contributed by atoms with van der Waals surface area (Å²) in [5.74, 6) is -0.597. The lowest BCUT2D eigenvalue weighted by Gasteiger charge is -2.18. The Bertz CT molecular complexity index is 776. The number of nitrogens with one attached hydrogen (secondary N) is 1. The summed E-state index contributed by atoms with van der Waals surface area (Å²) in [6.45, 7) is 1.17. The molecule has 0 atom stereocenters. The second-order valence-corrected chi connectivity index (χ2v) is 5.91. The van der Waals surface area contributed by atoms with Crippen molar-refractivity contribution >= 4 is 17.6 Å². The third-order valence-corrected chi connectivity index (χ3v) is 4.07. The summed E-state index contributed by atoms with van der Waals surface area (Å²) in [6.07, 6.45) is 0.965. The summed E-state index contributed by atoms with van der Waals surface area (Å²) in [4.78, 5) is 24.8. The van der Waals surface area contributed by atoms with Crippen LogP contribution in [0.15, 0.2) is 48.5 Å². The molecule has 0 fully saturated rings. The van der Waals surface area contributed by atoms with Gasteiger partial charge < -0.3 is 20.1 Å². The maximum absolute atomic E-state index is 12.2. The molecule has 6 heteroatoms. The number of ether oxygens (including phenoxy) is 1. The first-order valence-electron chi connectivity index (χ1n) is 8.15. The van der Waals surface area contributed by atoms with Crippen LogP contribution in [0.4, 0.5) is 5.69 Å². The predicted octanol–water partition coefficient (Wildman–Crippen LogP) is 1.83. The molecular formula is C19H20N2O4. The minimum Gasteiger partial charge on any atom is -0.482 e. The number of amides is 1. The van der Waals surface area contributed by atoms with Crippen LogP contribution in [-0.2, 0) is 22.6 Å². The highest BCUT2D eigenvalue weighted by atomic mass is 16.5. The van der Waals surface area contributed by atoms with Gasteiger partial charge in [0.05, 0.1) is 6.54 Å². The molecule has 25 heavy (non-hydrogen) atoms. The molecule has 3 rings (SSSR count). The zero-order valence-corrected chi connectivity index (χ0v) is 13.8. The number of fused-ring (bicyclic) bond motifs is 1. The first-order chi connectivity index (χ1) is 12.1. The number of carbonyl (C=O) groups is 2. The average molecular weight is 340 g/mol. The Labute approximate surface area is 146 Å². The van der Waals surface area contributed by atoms with Crippen LogP contribution in [0.2, 0.25) is 0 Å². The maximum Gasteiger partial charge on any atom is 0.341 e. The van der Waals surface area contributed by atoms with Crippen molar-refractivity contribution < 1.29 is 19.4 Å². The summed E-state index contributed by atoms with van der Waals surface area (Å²) in [6, 6.07) is 15.2. The molecule has 0 unspecified atom stereocenters. The highest BCUT2D eigenvalue weighted by Crippen LogP contribution is 2.26. The van der Waals surface area contributed by atoms with E-state index in [0.717, 1.165) is 24.2 Å². The Morgan fingerprint density at radius 3 is 2.84 bits per heavy atom. The molecule has 0 saturated heterocycles. The number of hydrogen-bond acceptors (Lipinski definition) is 4. The Balaban J connectivity index is 1.51. The van der Waals surface area contributed by atoms with E-state index in [1.165, 1.54) is 5.56 Å². The standard InChI is InChI=1S/C19H20N2O4/c22-18(12-21-9-8-15-5-1-2-7-17(15)21)20-11-14-4-3-6-16(10-14)25-13-19(23)24/h1-7,10H,8-9,11-13H2,(H,20,22)(H,23,24).